The van der Waals surface area contributed by atoms with E-state index in [1.54, 1.807) is 23.1 Å². The molecule has 1 saturated heterocycles. The lowest BCUT2D eigenvalue weighted by molar-refractivity contribution is 0.207. The van der Waals surface area contributed by atoms with Gasteiger partial charge in [0.2, 0.25) is 0 Å². The molecule has 0 aliphatic carbocycles. The van der Waals surface area contributed by atoms with Crippen LogP contribution in [0.4, 0.5) is 14.9 Å². The normalized spacial score (nSPS) is 16.7. The molecule has 0 spiro atoms. The van der Waals surface area contributed by atoms with Gasteiger partial charge in [0.15, 0.2) is 0 Å². The minimum atomic E-state index is -0.284. The van der Waals surface area contributed by atoms with Gasteiger partial charge in [-0.05, 0) is 65.2 Å². The van der Waals surface area contributed by atoms with Gasteiger partial charge in [0, 0.05) is 12.2 Å². The summed E-state index contributed by atoms with van der Waals surface area (Å²) in [6, 6.07) is 13.4. The second-order valence-corrected chi connectivity index (χ2v) is 6.14. The summed E-state index contributed by atoms with van der Waals surface area (Å²) in [6.45, 7) is 0.649. The van der Waals surface area contributed by atoms with Crippen LogP contribution in [0.5, 0.6) is 0 Å². The summed E-state index contributed by atoms with van der Waals surface area (Å²) < 4.78 is 15.0. The Morgan fingerprint density at radius 1 is 1.19 bits per heavy atom. The van der Waals surface area contributed by atoms with Gasteiger partial charge in [-0.25, -0.2) is 13.9 Å². The number of tetrazole rings is 1. The van der Waals surface area contributed by atoms with E-state index >= 15 is 0 Å². The first-order valence-electron chi connectivity index (χ1n) is 8.37. The highest BCUT2D eigenvalue weighted by atomic mass is 19.1. The Morgan fingerprint density at radius 2 is 2.04 bits per heavy atom. The average molecular weight is 352 g/mol. The predicted octanol–water partition coefficient (Wildman–Crippen LogP) is 3.17. The van der Waals surface area contributed by atoms with Crippen molar-refractivity contribution >= 4 is 11.7 Å². The molecule has 2 amide bonds. The summed E-state index contributed by atoms with van der Waals surface area (Å²) in [7, 11) is 0. The van der Waals surface area contributed by atoms with Crippen LogP contribution in [0.1, 0.15) is 24.4 Å². The number of aromatic nitrogens is 4. The second kappa shape index (κ2) is 6.91. The molecular weight excluding hydrogens is 335 g/mol. The maximum absolute atomic E-state index is 13.5. The summed E-state index contributed by atoms with van der Waals surface area (Å²) in [5.74, 6) is -0.284. The van der Waals surface area contributed by atoms with Crippen molar-refractivity contribution in [2.24, 2.45) is 0 Å². The lowest BCUT2D eigenvalue weighted by atomic mass is 10.0. The van der Waals surface area contributed by atoms with E-state index in [-0.39, 0.29) is 17.9 Å². The van der Waals surface area contributed by atoms with E-state index in [9.17, 15) is 9.18 Å². The van der Waals surface area contributed by atoms with Crippen LogP contribution >= 0.6 is 0 Å². The van der Waals surface area contributed by atoms with Crippen molar-refractivity contribution in [1.29, 1.82) is 0 Å². The quantitative estimate of drug-likeness (QED) is 0.785. The third kappa shape index (κ3) is 3.26. The molecule has 1 unspecified atom stereocenters. The summed E-state index contributed by atoms with van der Waals surface area (Å²) in [5, 5.41) is 13.9. The van der Waals surface area contributed by atoms with Crippen molar-refractivity contribution in [3.63, 3.8) is 0 Å². The number of nitrogens with zero attached hydrogens (tertiary/aromatic N) is 5. The van der Waals surface area contributed by atoms with E-state index in [0.717, 1.165) is 24.1 Å². The van der Waals surface area contributed by atoms with Crippen molar-refractivity contribution in [1.82, 2.24) is 25.1 Å². The van der Waals surface area contributed by atoms with Gasteiger partial charge in [0.05, 0.1) is 11.7 Å². The number of halogens is 1. The zero-order chi connectivity index (χ0) is 17.9. The van der Waals surface area contributed by atoms with E-state index < -0.39 is 0 Å². The molecule has 1 atom stereocenters. The van der Waals surface area contributed by atoms with E-state index in [4.69, 9.17) is 0 Å². The van der Waals surface area contributed by atoms with E-state index in [1.807, 2.05) is 18.2 Å². The number of anilines is 1. The molecule has 132 valence electrons. The number of nitrogens with one attached hydrogen (secondary N) is 1. The smallest absolute Gasteiger partial charge is 0.317 e. The highest BCUT2D eigenvalue weighted by Crippen LogP contribution is 2.32. The molecule has 0 radical (unpaired) electrons. The highest BCUT2D eigenvalue weighted by molar-refractivity contribution is 5.89. The number of likely N-dealkylation sites (tertiary alicyclic amines) is 1. The largest absolute Gasteiger partial charge is 0.322 e. The lowest BCUT2D eigenvalue weighted by Gasteiger charge is -2.25. The Bertz CT molecular complexity index is 896. The minimum absolute atomic E-state index is 0.105. The highest BCUT2D eigenvalue weighted by Gasteiger charge is 2.30. The Morgan fingerprint density at radius 3 is 2.77 bits per heavy atom. The molecule has 1 N–H and O–H groups in total. The van der Waals surface area contributed by atoms with Crippen LogP contribution in [-0.4, -0.2) is 37.7 Å². The number of amides is 2. The van der Waals surface area contributed by atoms with Crippen molar-refractivity contribution in [2.75, 3.05) is 11.9 Å². The van der Waals surface area contributed by atoms with Gasteiger partial charge in [0.1, 0.15) is 12.1 Å². The van der Waals surface area contributed by atoms with Crippen LogP contribution in [0.25, 0.3) is 5.69 Å². The number of carbonyl (C=O) groups is 1. The monoisotopic (exact) mass is 352 g/mol. The summed E-state index contributed by atoms with van der Waals surface area (Å²) in [6.07, 6.45) is 3.23. The van der Waals surface area contributed by atoms with Crippen LogP contribution in [-0.2, 0) is 0 Å². The summed E-state index contributed by atoms with van der Waals surface area (Å²) in [5.41, 5.74) is 2.30. The molecule has 1 aliphatic heterocycles. The third-order valence-electron chi connectivity index (χ3n) is 4.48. The molecule has 0 saturated carbocycles. The molecule has 7 nitrogen and oxygen atoms in total. The van der Waals surface area contributed by atoms with E-state index in [0.29, 0.717) is 12.2 Å². The Kier molecular flexibility index (Phi) is 4.30. The van der Waals surface area contributed by atoms with Crippen LogP contribution in [0, 0.1) is 5.82 Å². The molecule has 2 heterocycles. The maximum atomic E-state index is 13.5. The average Bonchev–Trinajstić information content (AvgIpc) is 3.34. The van der Waals surface area contributed by atoms with Gasteiger partial charge >= 0.3 is 6.03 Å². The predicted molar refractivity (Wildman–Crippen MR) is 93.3 cm³/mol. The van der Waals surface area contributed by atoms with Crippen LogP contribution < -0.4 is 5.32 Å². The van der Waals surface area contributed by atoms with Gasteiger partial charge in [-0.3, -0.25) is 0 Å². The van der Waals surface area contributed by atoms with Crippen molar-refractivity contribution in [3.8, 4) is 5.69 Å². The first-order chi connectivity index (χ1) is 12.7. The number of hydrogen-bond donors (Lipinski definition) is 1. The fourth-order valence-corrected chi connectivity index (χ4v) is 3.24. The van der Waals surface area contributed by atoms with Gasteiger partial charge in [-0.1, -0.05) is 12.1 Å². The van der Waals surface area contributed by atoms with Gasteiger partial charge in [0.25, 0.3) is 0 Å². The fourth-order valence-electron chi connectivity index (χ4n) is 3.24. The second-order valence-electron chi connectivity index (χ2n) is 6.14. The SMILES string of the molecule is O=C(Nc1ccc(-n2cnnn2)cc1)N1CCCC1c1cccc(F)c1. The van der Waals surface area contributed by atoms with Crippen molar-refractivity contribution < 1.29 is 9.18 Å². The van der Waals surface area contributed by atoms with Crippen LogP contribution in [0.3, 0.4) is 0 Å². The van der Waals surface area contributed by atoms with Gasteiger partial charge in [-0.15, -0.1) is 5.10 Å². The summed E-state index contributed by atoms with van der Waals surface area (Å²) in [4.78, 5) is 14.4. The zero-order valence-corrected chi connectivity index (χ0v) is 13.9. The molecule has 26 heavy (non-hydrogen) atoms. The van der Waals surface area contributed by atoms with Crippen molar-refractivity contribution in [3.05, 3.63) is 66.2 Å². The third-order valence-corrected chi connectivity index (χ3v) is 4.48. The number of carbonyl (C=O) groups excluding carboxylic acids is 1. The van der Waals surface area contributed by atoms with E-state index in [1.165, 1.54) is 23.1 Å². The molecule has 2 aromatic carbocycles. The topological polar surface area (TPSA) is 75.9 Å². The molecule has 0 bridgehead atoms. The molecule has 8 heteroatoms. The van der Waals surface area contributed by atoms with Crippen LogP contribution in [0.15, 0.2) is 54.9 Å². The molecule has 1 aliphatic rings. The molecule has 4 rings (SSSR count). The van der Waals surface area contributed by atoms with Gasteiger partial charge in [-0.2, -0.15) is 0 Å². The molecular formula is C18H17FN6O. The standard InChI is InChI=1S/C18H17FN6O/c19-14-4-1-3-13(11-14)17-5-2-10-24(17)18(26)21-15-6-8-16(9-7-15)25-12-20-22-23-25/h1,3-4,6-9,11-12,17H,2,5,10H2,(H,21,26). The number of rotatable bonds is 3. The van der Waals surface area contributed by atoms with E-state index in [2.05, 4.69) is 20.8 Å². The number of benzene rings is 2. The van der Waals surface area contributed by atoms with Crippen molar-refractivity contribution in [2.45, 2.75) is 18.9 Å². The first-order valence-corrected chi connectivity index (χ1v) is 8.37. The number of urea groups is 1. The molecule has 3 aromatic rings. The number of hydrogen-bond acceptors (Lipinski definition) is 4. The first kappa shape index (κ1) is 16.2. The fraction of sp³-hybridized carbons (Fsp3) is 0.222. The summed E-state index contributed by atoms with van der Waals surface area (Å²) >= 11 is 0. The molecule has 1 fully saturated rings. The minimum Gasteiger partial charge on any atom is -0.317 e. The maximum Gasteiger partial charge on any atom is 0.322 e. The Balaban J connectivity index is 1.47. The molecule has 1 aromatic heterocycles. The lowest BCUT2D eigenvalue weighted by Crippen LogP contribution is -2.34. The van der Waals surface area contributed by atoms with Crippen LogP contribution in [0.2, 0.25) is 0 Å². The zero-order valence-electron chi connectivity index (χ0n) is 13.9. The van der Waals surface area contributed by atoms with Gasteiger partial charge < -0.3 is 10.2 Å². The Hall–Kier alpha value is -3.29. The Labute approximate surface area is 149 Å².